The van der Waals surface area contributed by atoms with Crippen LogP contribution in [0.25, 0.3) is 0 Å². The fourth-order valence-electron chi connectivity index (χ4n) is 2.07. The van der Waals surface area contributed by atoms with E-state index in [9.17, 15) is 9.59 Å². The molecule has 1 aromatic carbocycles. The highest BCUT2D eigenvalue weighted by atomic mass is 16.1. The molecule has 1 aromatic rings. The Balaban J connectivity index is 2.20. The van der Waals surface area contributed by atoms with Gasteiger partial charge in [0.05, 0.1) is 0 Å². The van der Waals surface area contributed by atoms with Crippen LogP contribution in [0, 0.1) is 0 Å². The maximum atomic E-state index is 12.0. The molecular formula is C13H10O2. The van der Waals surface area contributed by atoms with Crippen molar-refractivity contribution in [2.45, 2.75) is 19.3 Å². The Labute approximate surface area is 87.6 Å². The van der Waals surface area contributed by atoms with Gasteiger partial charge in [0.2, 0.25) is 0 Å². The lowest BCUT2D eigenvalue weighted by molar-refractivity contribution is 0.0935. The van der Waals surface area contributed by atoms with E-state index in [2.05, 4.69) is 0 Å². The van der Waals surface area contributed by atoms with Crippen LogP contribution in [0.3, 0.4) is 0 Å². The molecule has 0 bridgehead atoms. The van der Waals surface area contributed by atoms with Gasteiger partial charge < -0.3 is 0 Å². The van der Waals surface area contributed by atoms with Crippen LogP contribution in [0.4, 0.5) is 0 Å². The van der Waals surface area contributed by atoms with E-state index in [0.717, 1.165) is 18.4 Å². The number of allylic oxidation sites excluding steroid dienone is 2. The molecule has 2 aliphatic rings. The predicted octanol–water partition coefficient (Wildman–Crippen LogP) is 2.55. The average molecular weight is 198 g/mol. The molecule has 0 unspecified atom stereocenters. The van der Waals surface area contributed by atoms with Gasteiger partial charge in [-0.2, -0.15) is 0 Å². The van der Waals surface area contributed by atoms with Crippen molar-refractivity contribution in [2.24, 2.45) is 0 Å². The number of carbonyl (C=O) groups is 2. The van der Waals surface area contributed by atoms with Crippen molar-refractivity contribution in [3.05, 3.63) is 46.5 Å². The third kappa shape index (κ3) is 1.25. The van der Waals surface area contributed by atoms with Gasteiger partial charge in [-0.25, -0.2) is 0 Å². The second-order valence-electron chi connectivity index (χ2n) is 4.06. The minimum Gasteiger partial charge on any atom is -0.294 e. The van der Waals surface area contributed by atoms with Crippen molar-refractivity contribution in [2.75, 3.05) is 0 Å². The summed E-state index contributed by atoms with van der Waals surface area (Å²) in [5, 5.41) is 0. The normalized spacial score (nSPS) is 19.2. The number of hydrogen-bond donors (Lipinski definition) is 0. The van der Waals surface area contributed by atoms with Gasteiger partial charge in [-0.3, -0.25) is 9.59 Å². The second kappa shape index (κ2) is 2.89. The van der Waals surface area contributed by atoms with Crippen LogP contribution in [0.1, 0.15) is 40.0 Å². The van der Waals surface area contributed by atoms with Crippen LogP contribution in [-0.2, 0) is 0 Å². The lowest BCUT2D eigenvalue weighted by atomic mass is 9.85. The first kappa shape index (κ1) is 8.60. The molecule has 0 heterocycles. The molecule has 0 N–H and O–H groups in total. The van der Waals surface area contributed by atoms with Crippen molar-refractivity contribution in [3.63, 3.8) is 0 Å². The van der Waals surface area contributed by atoms with E-state index in [1.165, 1.54) is 5.57 Å². The second-order valence-corrected chi connectivity index (χ2v) is 4.06. The maximum Gasteiger partial charge on any atom is 0.190 e. The summed E-state index contributed by atoms with van der Waals surface area (Å²) in [6.45, 7) is 0. The highest BCUT2D eigenvalue weighted by Gasteiger charge is 2.32. The van der Waals surface area contributed by atoms with E-state index >= 15 is 0 Å². The molecule has 2 aliphatic carbocycles. The quantitative estimate of drug-likeness (QED) is 0.600. The van der Waals surface area contributed by atoms with Gasteiger partial charge in [-0.1, -0.05) is 29.8 Å². The van der Waals surface area contributed by atoms with Crippen molar-refractivity contribution in [3.8, 4) is 0 Å². The van der Waals surface area contributed by atoms with Crippen molar-refractivity contribution in [1.82, 2.24) is 0 Å². The summed E-state index contributed by atoms with van der Waals surface area (Å²) in [5.74, 6) is 0.150. The van der Waals surface area contributed by atoms with Crippen LogP contribution in [-0.4, -0.2) is 11.6 Å². The summed E-state index contributed by atoms with van der Waals surface area (Å²) in [4.78, 5) is 23.8. The summed E-state index contributed by atoms with van der Waals surface area (Å²) in [5.41, 5.74) is 3.12. The number of fused-ring (bicyclic) bond motifs is 1. The maximum absolute atomic E-state index is 12.0. The Morgan fingerprint density at radius 3 is 2.27 bits per heavy atom. The van der Waals surface area contributed by atoms with Crippen LogP contribution < -0.4 is 0 Å². The van der Waals surface area contributed by atoms with Gasteiger partial charge in [-0.05, 0) is 12.8 Å². The Morgan fingerprint density at radius 1 is 0.933 bits per heavy atom. The van der Waals surface area contributed by atoms with Gasteiger partial charge >= 0.3 is 0 Å². The van der Waals surface area contributed by atoms with E-state index in [0.29, 0.717) is 17.5 Å². The Hall–Kier alpha value is -1.70. The summed E-state index contributed by atoms with van der Waals surface area (Å²) in [6.07, 6.45) is 2.30. The fraction of sp³-hybridized carbons (Fsp3) is 0.231. The number of rotatable bonds is 0. The third-order valence-electron chi connectivity index (χ3n) is 3.01. The topological polar surface area (TPSA) is 34.1 Å². The monoisotopic (exact) mass is 198 g/mol. The molecule has 15 heavy (non-hydrogen) atoms. The molecule has 0 saturated heterocycles. The summed E-state index contributed by atoms with van der Waals surface area (Å²) in [6, 6.07) is 7.10. The molecule has 74 valence electrons. The van der Waals surface area contributed by atoms with Gasteiger partial charge in [0.15, 0.2) is 11.6 Å². The molecular weight excluding hydrogens is 188 g/mol. The number of benzene rings is 1. The minimum atomic E-state index is 0.0673. The standard InChI is InChI=1S/C13H10O2/c14-12-7-11(8-5-6-8)13(15)10-4-2-1-3-9(10)12/h1-4H,5-7H2. The molecule has 0 aliphatic heterocycles. The van der Waals surface area contributed by atoms with Crippen molar-refractivity contribution in [1.29, 1.82) is 0 Å². The zero-order chi connectivity index (χ0) is 10.4. The Bertz CT molecular complexity index is 503. The van der Waals surface area contributed by atoms with E-state index < -0.39 is 0 Å². The van der Waals surface area contributed by atoms with Crippen LogP contribution >= 0.6 is 0 Å². The largest absolute Gasteiger partial charge is 0.294 e. The fourth-order valence-corrected chi connectivity index (χ4v) is 2.07. The Morgan fingerprint density at radius 2 is 1.60 bits per heavy atom. The highest BCUT2D eigenvalue weighted by molar-refractivity contribution is 6.22. The molecule has 2 nitrogen and oxygen atoms in total. The average Bonchev–Trinajstić information content (AvgIpc) is 3.07. The van der Waals surface area contributed by atoms with E-state index in [1.807, 2.05) is 6.07 Å². The molecule has 0 spiro atoms. The highest BCUT2D eigenvalue weighted by Crippen LogP contribution is 2.37. The Kier molecular flexibility index (Phi) is 1.66. The van der Waals surface area contributed by atoms with Crippen molar-refractivity contribution < 1.29 is 9.59 Å². The number of Topliss-reactive ketones (excluding diaryl/α,β-unsaturated/α-hetero) is 2. The lowest BCUT2D eigenvalue weighted by Gasteiger charge is -2.15. The third-order valence-corrected chi connectivity index (χ3v) is 3.01. The van der Waals surface area contributed by atoms with E-state index in [-0.39, 0.29) is 11.6 Å². The van der Waals surface area contributed by atoms with Crippen LogP contribution in [0.5, 0.6) is 0 Å². The van der Waals surface area contributed by atoms with Gasteiger partial charge in [0, 0.05) is 23.1 Å². The number of hydrogen-bond acceptors (Lipinski definition) is 2. The summed E-state index contributed by atoms with van der Waals surface area (Å²) < 4.78 is 0. The zero-order valence-corrected chi connectivity index (χ0v) is 8.25. The summed E-state index contributed by atoms with van der Waals surface area (Å²) in [7, 11) is 0. The molecule has 0 atom stereocenters. The van der Waals surface area contributed by atoms with E-state index in [1.54, 1.807) is 18.2 Å². The molecule has 3 rings (SSSR count). The van der Waals surface area contributed by atoms with Crippen molar-refractivity contribution >= 4 is 11.6 Å². The molecule has 1 fully saturated rings. The molecule has 2 heteroatoms. The molecule has 1 saturated carbocycles. The van der Waals surface area contributed by atoms with Crippen LogP contribution in [0.2, 0.25) is 0 Å². The van der Waals surface area contributed by atoms with Gasteiger partial charge in [-0.15, -0.1) is 0 Å². The van der Waals surface area contributed by atoms with E-state index in [4.69, 9.17) is 0 Å². The smallest absolute Gasteiger partial charge is 0.190 e. The zero-order valence-electron chi connectivity index (χ0n) is 8.25. The first-order valence-corrected chi connectivity index (χ1v) is 5.15. The minimum absolute atomic E-state index is 0.0673. The molecule has 0 radical (unpaired) electrons. The number of carbonyl (C=O) groups excluding carboxylic acids is 2. The molecule has 0 amide bonds. The first-order chi connectivity index (χ1) is 7.27. The lowest BCUT2D eigenvalue weighted by Crippen LogP contribution is -2.19. The predicted molar refractivity (Wildman–Crippen MR) is 56.0 cm³/mol. The SMILES string of the molecule is O=C1CC(=C2CC2)C(=O)c2ccccc21. The van der Waals surface area contributed by atoms with Gasteiger partial charge in [0.25, 0.3) is 0 Å². The summed E-state index contributed by atoms with van der Waals surface area (Å²) >= 11 is 0. The molecule has 0 aromatic heterocycles. The van der Waals surface area contributed by atoms with Gasteiger partial charge in [0.1, 0.15) is 0 Å². The van der Waals surface area contributed by atoms with Crippen LogP contribution in [0.15, 0.2) is 35.4 Å². The number of ketones is 2. The first-order valence-electron chi connectivity index (χ1n) is 5.15.